The van der Waals surface area contributed by atoms with Crippen molar-refractivity contribution in [2.75, 3.05) is 31.7 Å². The monoisotopic (exact) mass is 293 g/mol. The van der Waals surface area contributed by atoms with Gasteiger partial charge in [-0.05, 0) is 19.3 Å². The highest BCUT2D eigenvalue weighted by molar-refractivity contribution is 5.73. The van der Waals surface area contributed by atoms with Crippen LogP contribution in [-0.2, 0) is 9.47 Å². The molecule has 3 rings (SSSR count). The van der Waals surface area contributed by atoms with Gasteiger partial charge in [-0.1, -0.05) is 0 Å². The van der Waals surface area contributed by atoms with Gasteiger partial charge in [0.2, 0.25) is 5.95 Å². The third-order valence-corrected chi connectivity index (χ3v) is 3.41. The molecule has 0 amide bonds. The number of anilines is 1. The molecule has 0 radical (unpaired) electrons. The summed E-state index contributed by atoms with van der Waals surface area (Å²) in [6.07, 6.45) is 4.78. The van der Waals surface area contributed by atoms with Gasteiger partial charge in [0.15, 0.2) is 5.65 Å². The zero-order chi connectivity index (χ0) is 14.5. The van der Waals surface area contributed by atoms with Gasteiger partial charge in [0.1, 0.15) is 5.39 Å². The molecule has 0 saturated carbocycles. The Morgan fingerprint density at radius 1 is 1.52 bits per heavy atom. The quantitative estimate of drug-likeness (QED) is 0.647. The first-order chi connectivity index (χ1) is 10.3. The molecule has 2 aromatic heterocycles. The second kappa shape index (κ2) is 6.68. The smallest absolute Gasteiger partial charge is 0.263 e. The number of aromatic amines is 2. The van der Waals surface area contributed by atoms with Crippen molar-refractivity contribution in [1.82, 2.24) is 20.2 Å². The van der Waals surface area contributed by atoms with Crippen molar-refractivity contribution in [2.24, 2.45) is 0 Å². The summed E-state index contributed by atoms with van der Waals surface area (Å²) in [5.74, 6) is 0.441. The lowest BCUT2D eigenvalue weighted by molar-refractivity contribution is 0.0172. The lowest BCUT2D eigenvalue weighted by Gasteiger charge is -2.10. The summed E-state index contributed by atoms with van der Waals surface area (Å²) in [4.78, 5) is 18.6. The van der Waals surface area contributed by atoms with Crippen molar-refractivity contribution in [3.8, 4) is 0 Å². The number of fused-ring (bicyclic) bond motifs is 1. The Labute approximate surface area is 121 Å². The molecule has 1 fully saturated rings. The summed E-state index contributed by atoms with van der Waals surface area (Å²) in [6, 6.07) is 0. The van der Waals surface area contributed by atoms with Crippen LogP contribution in [0.25, 0.3) is 11.0 Å². The van der Waals surface area contributed by atoms with E-state index in [2.05, 4.69) is 25.5 Å². The number of nitrogens with one attached hydrogen (secondary N) is 3. The van der Waals surface area contributed by atoms with E-state index in [-0.39, 0.29) is 11.7 Å². The highest BCUT2D eigenvalue weighted by Crippen LogP contribution is 2.11. The van der Waals surface area contributed by atoms with E-state index in [1.807, 2.05) is 0 Å². The van der Waals surface area contributed by atoms with Crippen molar-refractivity contribution >= 4 is 17.0 Å². The minimum Gasteiger partial charge on any atom is -0.379 e. The topological polar surface area (TPSA) is 105 Å². The fraction of sp³-hybridized carbons (Fsp3) is 0.615. The van der Waals surface area contributed by atoms with Crippen LogP contribution in [0, 0.1) is 0 Å². The molecular weight excluding hydrogens is 274 g/mol. The van der Waals surface area contributed by atoms with Crippen molar-refractivity contribution in [1.29, 1.82) is 0 Å². The first-order valence-corrected chi connectivity index (χ1v) is 7.19. The number of hydrogen-bond donors (Lipinski definition) is 3. The standard InChI is InChI=1S/C13H19N5O3/c19-12-10-7-15-18-11(10)16-13(17-12)14-4-2-5-20-8-9-3-1-6-21-9/h7,9H,1-6,8H2,(H3,14,15,16,17,18,19). The molecule has 8 heteroatoms. The molecule has 3 heterocycles. The number of nitrogens with zero attached hydrogens (tertiary/aromatic N) is 2. The third-order valence-electron chi connectivity index (χ3n) is 3.41. The normalized spacial score (nSPS) is 18.4. The average molecular weight is 293 g/mol. The summed E-state index contributed by atoms with van der Waals surface area (Å²) in [5.41, 5.74) is 0.279. The number of H-pyrrole nitrogens is 2. The number of aromatic nitrogens is 4. The van der Waals surface area contributed by atoms with Gasteiger partial charge in [0.05, 0.1) is 18.9 Å². The van der Waals surface area contributed by atoms with Crippen LogP contribution in [-0.4, -0.2) is 52.6 Å². The van der Waals surface area contributed by atoms with Gasteiger partial charge in [-0.3, -0.25) is 14.9 Å². The maximum Gasteiger partial charge on any atom is 0.263 e. The predicted octanol–water partition coefficient (Wildman–Crippen LogP) is 0.644. The van der Waals surface area contributed by atoms with Gasteiger partial charge in [-0.15, -0.1) is 0 Å². The first kappa shape index (κ1) is 14.0. The lowest BCUT2D eigenvalue weighted by Crippen LogP contribution is -2.17. The fourth-order valence-corrected chi connectivity index (χ4v) is 2.30. The molecule has 8 nitrogen and oxygen atoms in total. The average Bonchev–Trinajstić information content (AvgIpc) is 3.13. The molecule has 1 aliphatic rings. The SMILES string of the molecule is O=c1[nH]c(NCCCOCC2CCCO2)nc2[nH]ncc12. The van der Waals surface area contributed by atoms with E-state index in [1.165, 1.54) is 6.20 Å². The van der Waals surface area contributed by atoms with Gasteiger partial charge in [-0.25, -0.2) is 0 Å². The Hall–Kier alpha value is -1.93. The van der Waals surface area contributed by atoms with E-state index in [0.717, 1.165) is 25.9 Å². The summed E-state index contributed by atoms with van der Waals surface area (Å²) in [6.45, 7) is 2.84. The molecule has 3 N–H and O–H groups in total. The molecule has 114 valence electrons. The van der Waals surface area contributed by atoms with E-state index >= 15 is 0 Å². The van der Waals surface area contributed by atoms with Gasteiger partial charge in [0, 0.05) is 19.8 Å². The van der Waals surface area contributed by atoms with E-state index in [1.54, 1.807) is 0 Å². The van der Waals surface area contributed by atoms with Crippen LogP contribution < -0.4 is 10.9 Å². The van der Waals surface area contributed by atoms with Crippen LogP contribution in [0.4, 0.5) is 5.95 Å². The van der Waals surface area contributed by atoms with Gasteiger partial charge in [0.25, 0.3) is 5.56 Å². The summed E-state index contributed by atoms with van der Waals surface area (Å²) >= 11 is 0. The second-order valence-corrected chi connectivity index (χ2v) is 5.04. The molecule has 1 atom stereocenters. The Bertz CT molecular complexity index is 632. The Kier molecular flexibility index (Phi) is 4.46. The van der Waals surface area contributed by atoms with Crippen molar-refractivity contribution in [3.05, 3.63) is 16.6 Å². The largest absolute Gasteiger partial charge is 0.379 e. The van der Waals surface area contributed by atoms with Crippen LogP contribution in [0.15, 0.2) is 11.0 Å². The van der Waals surface area contributed by atoms with Crippen LogP contribution in [0.3, 0.4) is 0 Å². The van der Waals surface area contributed by atoms with Crippen molar-refractivity contribution in [2.45, 2.75) is 25.4 Å². The molecule has 0 aliphatic carbocycles. The van der Waals surface area contributed by atoms with Crippen LogP contribution >= 0.6 is 0 Å². The molecule has 1 aliphatic heterocycles. The summed E-state index contributed by atoms with van der Waals surface area (Å²) < 4.78 is 11.0. The highest BCUT2D eigenvalue weighted by Gasteiger charge is 2.14. The summed E-state index contributed by atoms with van der Waals surface area (Å²) in [5, 5.41) is 10.0. The van der Waals surface area contributed by atoms with Crippen molar-refractivity contribution in [3.63, 3.8) is 0 Å². The number of ether oxygens (including phenoxy) is 2. The van der Waals surface area contributed by atoms with E-state index < -0.39 is 0 Å². The molecule has 1 unspecified atom stereocenters. The molecule has 1 saturated heterocycles. The van der Waals surface area contributed by atoms with Crippen molar-refractivity contribution < 1.29 is 9.47 Å². The second-order valence-electron chi connectivity index (χ2n) is 5.04. The molecule has 0 aromatic carbocycles. The van der Waals surface area contributed by atoms with Crippen LogP contribution in [0.2, 0.25) is 0 Å². The number of rotatable bonds is 7. The van der Waals surface area contributed by atoms with Crippen LogP contribution in [0.1, 0.15) is 19.3 Å². The zero-order valence-corrected chi connectivity index (χ0v) is 11.7. The van der Waals surface area contributed by atoms with Gasteiger partial charge < -0.3 is 14.8 Å². The number of hydrogen-bond acceptors (Lipinski definition) is 6. The molecule has 2 aromatic rings. The summed E-state index contributed by atoms with van der Waals surface area (Å²) in [7, 11) is 0. The maximum atomic E-state index is 11.7. The van der Waals surface area contributed by atoms with E-state index in [4.69, 9.17) is 9.47 Å². The van der Waals surface area contributed by atoms with Gasteiger partial charge in [-0.2, -0.15) is 10.1 Å². The zero-order valence-electron chi connectivity index (χ0n) is 11.7. The fourth-order valence-electron chi connectivity index (χ4n) is 2.30. The maximum absolute atomic E-state index is 11.7. The van der Waals surface area contributed by atoms with Crippen LogP contribution in [0.5, 0.6) is 0 Å². The molecule has 0 spiro atoms. The lowest BCUT2D eigenvalue weighted by atomic mass is 10.2. The predicted molar refractivity (Wildman–Crippen MR) is 77.4 cm³/mol. The first-order valence-electron chi connectivity index (χ1n) is 7.19. The molecule has 0 bridgehead atoms. The highest BCUT2D eigenvalue weighted by atomic mass is 16.5. The molecule has 21 heavy (non-hydrogen) atoms. The Balaban J connectivity index is 1.39. The minimum atomic E-state index is -0.203. The third kappa shape index (κ3) is 3.59. The van der Waals surface area contributed by atoms with Gasteiger partial charge >= 0.3 is 0 Å². The molecular formula is C13H19N5O3. The van der Waals surface area contributed by atoms with E-state index in [9.17, 15) is 4.79 Å². The Morgan fingerprint density at radius 3 is 3.33 bits per heavy atom. The Morgan fingerprint density at radius 2 is 2.48 bits per heavy atom. The van der Waals surface area contributed by atoms with E-state index in [0.29, 0.717) is 36.7 Å². The minimum absolute atomic E-state index is 0.203.